The maximum absolute atomic E-state index is 11.6. The summed E-state index contributed by atoms with van der Waals surface area (Å²) in [5.41, 5.74) is 1.66. The Kier molecular flexibility index (Phi) is 4.55. The largest absolute Gasteiger partial charge is 0.457 e. The fourth-order valence-corrected chi connectivity index (χ4v) is 1.63. The second kappa shape index (κ2) is 6.56. The molecule has 2 rings (SSSR count). The number of furan rings is 1. The molecule has 0 saturated carbocycles. The zero-order valence-electron chi connectivity index (χ0n) is 11.1. The summed E-state index contributed by atoms with van der Waals surface area (Å²) in [5, 5.41) is 2.67. The minimum Gasteiger partial charge on any atom is -0.457 e. The van der Waals surface area contributed by atoms with Gasteiger partial charge < -0.3 is 14.5 Å². The number of aryl methyl sites for hydroxylation is 1. The van der Waals surface area contributed by atoms with E-state index in [1.807, 2.05) is 30.3 Å². The molecule has 5 heteroatoms. The molecule has 0 aliphatic heterocycles. The second-order valence-electron chi connectivity index (χ2n) is 4.27. The summed E-state index contributed by atoms with van der Waals surface area (Å²) in [7, 11) is 0. The minimum atomic E-state index is -0.637. The number of esters is 1. The van der Waals surface area contributed by atoms with E-state index in [9.17, 15) is 9.59 Å². The molecule has 5 nitrogen and oxygen atoms in total. The number of rotatable bonds is 5. The van der Waals surface area contributed by atoms with Crippen LogP contribution in [0, 0.1) is 6.92 Å². The molecule has 2 aromatic rings. The summed E-state index contributed by atoms with van der Waals surface area (Å²) in [6.07, 6.45) is 1.40. The Bertz CT molecular complexity index is 589. The Morgan fingerprint density at radius 1 is 1.20 bits per heavy atom. The van der Waals surface area contributed by atoms with E-state index in [-0.39, 0.29) is 18.3 Å². The van der Waals surface area contributed by atoms with Crippen LogP contribution >= 0.6 is 0 Å². The Balaban J connectivity index is 1.75. The summed E-state index contributed by atoms with van der Waals surface area (Å²) >= 11 is 0. The number of hydrogen-bond acceptors (Lipinski definition) is 4. The molecule has 0 spiro atoms. The molecule has 1 heterocycles. The quantitative estimate of drug-likeness (QED) is 0.847. The molecule has 104 valence electrons. The summed E-state index contributed by atoms with van der Waals surface area (Å²) in [6.45, 7) is 1.80. The van der Waals surface area contributed by atoms with Crippen molar-refractivity contribution in [1.29, 1.82) is 0 Å². The van der Waals surface area contributed by atoms with Gasteiger partial charge in [0, 0.05) is 12.1 Å². The van der Waals surface area contributed by atoms with Crippen molar-refractivity contribution in [3.05, 3.63) is 59.5 Å². The van der Waals surface area contributed by atoms with E-state index in [4.69, 9.17) is 9.15 Å². The van der Waals surface area contributed by atoms with Gasteiger partial charge in [0.25, 0.3) is 5.91 Å². The number of carbonyl (C=O) groups excluding carboxylic acids is 2. The van der Waals surface area contributed by atoms with Crippen LogP contribution in [0.5, 0.6) is 0 Å². The molecule has 0 unspecified atom stereocenters. The summed E-state index contributed by atoms with van der Waals surface area (Å²) in [5.74, 6) is -0.866. The summed E-state index contributed by atoms with van der Waals surface area (Å²) in [4.78, 5) is 23.2. The van der Waals surface area contributed by atoms with Crippen molar-refractivity contribution < 1.29 is 18.7 Å². The normalized spacial score (nSPS) is 10.1. The van der Waals surface area contributed by atoms with Gasteiger partial charge in [-0.1, -0.05) is 30.3 Å². The molecule has 1 amide bonds. The van der Waals surface area contributed by atoms with Crippen LogP contribution in [-0.2, 0) is 16.1 Å². The Hall–Kier alpha value is -2.56. The second-order valence-corrected chi connectivity index (χ2v) is 4.27. The van der Waals surface area contributed by atoms with E-state index in [1.165, 1.54) is 6.26 Å². The molecular formula is C15H15NO4. The van der Waals surface area contributed by atoms with Crippen LogP contribution < -0.4 is 5.32 Å². The number of amides is 1. The third-order valence-electron chi connectivity index (χ3n) is 2.71. The standard InChI is InChI=1S/C15H15NO4/c1-11-7-8-19-14(11)15(18)20-10-13(17)16-9-12-5-3-2-4-6-12/h2-8H,9-10H2,1H3,(H,16,17). The lowest BCUT2D eigenvalue weighted by Gasteiger charge is -2.06. The zero-order chi connectivity index (χ0) is 14.4. The molecule has 20 heavy (non-hydrogen) atoms. The monoisotopic (exact) mass is 273 g/mol. The van der Waals surface area contributed by atoms with Crippen LogP contribution in [0.1, 0.15) is 21.7 Å². The lowest BCUT2D eigenvalue weighted by molar-refractivity contribution is -0.124. The Morgan fingerprint density at radius 2 is 1.95 bits per heavy atom. The van der Waals surface area contributed by atoms with Gasteiger partial charge in [0.05, 0.1) is 6.26 Å². The van der Waals surface area contributed by atoms with Gasteiger partial charge in [0.1, 0.15) is 0 Å². The highest BCUT2D eigenvalue weighted by Crippen LogP contribution is 2.09. The zero-order valence-corrected chi connectivity index (χ0v) is 11.1. The van der Waals surface area contributed by atoms with E-state index in [2.05, 4.69) is 5.32 Å². The van der Waals surface area contributed by atoms with Crippen molar-refractivity contribution >= 4 is 11.9 Å². The molecule has 1 aromatic heterocycles. The van der Waals surface area contributed by atoms with Crippen LogP contribution in [0.25, 0.3) is 0 Å². The number of nitrogens with one attached hydrogen (secondary N) is 1. The van der Waals surface area contributed by atoms with Crippen molar-refractivity contribution in [1.82, 2.24) is 5.32 Å². The molecular weight excluding hydrogens is 258 g/mol. The molecule has 0 fully saturated rings. The SMILES string of the molecule is Cc1ccoc1C(=O)OCC(=O)NCc1ccccc1. The molecule has 0 aliphatic carbocycles. The van der Waals surface area contributed by atoms with Gasteiger partial charge in [-0.3, -0.25) is 4.79 Å². The lowest BCUT2D eigenvalue weighted by atomic mass is 10.2. The van der Waals surface area contributed by atoms with Gasteiger partial charge in [-0.25, -0.2) is 4.79 Å². The first-order chi connectivity index (χ1) is 9.66. The van der Waals surface area contributed by atoms with E-state index in [0.717, 1.165) is 5.56 Å². The van der Waals surface area contributed by atoms with Crippen LogP contribution in [0.4, 0.5) is 0 Å². The van der Waals surface area contributed by atoms with Crippen molar-refractivity contribution in [3.8, 4) is 0 Å². The number of carbonyl (C=O) groups is 2. The molecule has 0 atom stereocenters. The fraction of sp³-hybridized carbons (Fsp3) is 0.200. The van der Waals surface area contributed by atoms with Gasteiger partial charge in [-0.2, -0.15) is 0 Å². The lowest BCUT2D eigenvalue weighted by Crippen LogP contribution is -2.28. The first kappa shape index (κ1) is 13.9. The van der Waals surface area contributed by atoms with E-state index < -0.39 is 5.97 Å². The third-order valence-corrected chi connectivity index (χ3v) is 2.71. The third kappa shape index (κ3) is 3.71. The molecule has 0 saturated heterocycles. The average Bonchev–Trinajstić information content (AvgIpc) is 2.90. The highest BCUT2D eigenvalue weighted by atomic mass is 16.5. The van der Waals surface area contributed by atoms with Crippen LogP contribution in [0.15, 0.2) is 47.1 Å². The van der Waals surface area contributed by atoms with Gasteiger partial charge in [0.15, 0.2) is 6.61 Å². The van der Waals surface area contributed by atoms with Crippen molar-refractivity contribution in [2.24, 2.45) is 0 Å². The van der Waals surface area contributed by atoms with Gasteiger partial charge in [-0.15, -0.1) is 0 Å². The average molecular weight is 273 g/mol. The highest BCUT2D eigenvalue weighted by molar-refractivity contribution is 5.90. The van der Waals surface area contributed by atoms with Gasteiger partial charge >= 0.3 is 5.97 Å². The number of hydrogen-bond donors (Lipinski definition) is 1. The van der Waals surface area contributed by atoms with E-state index >= 15 is 0 Å². The Labute approximate surface area is 116 Å². The van der Waals surface area contributed by atoms with Crippen molar-refractivity contribution in [2.75, 3.05) is 6.61 Å². The van der Waals surface area contributed by atoms with E-state index in [1.54, 1.807) is 13.0 Å². The smallest absolute Gasteiger partial charge is 0.375 e. The Morgan fingerprint density at radius 3 is 2.60 bits per heavy atom. The number of ether oxygens (including phenoxy) is 1. The predicted molar refractivity (Wildman–Crippen MR) is 72.0 cm³/mol. The van der Waals surface area contributed by atoms with Crippen molar-refractivity contribution in [2.45, 2.75) is 13.5 Å². The maximum Gasteiger partial charge on any atom is 0.375 e. The fourth-order valence-electron chi connectivity index (χ4n) is 1.63. The first-order valence-corrected chi connectivity index (χ1v) is 6.18. The molecule has 0 aliphatic rings. The predicted octanol–water partition coefficient (Wildman–Crippen LogP) is 2.06. The van der Waals surface area contributed by atoms with Crippen LogP contribution in [0.2, 0.25) is 0 Å². The molecule has 1 aromatic carbocycles. The topological polar surface area (TPSA) is 68.5 Å². The van der Waals surface area contributed by atoms with Crippen LogP contribution in [-0.4, -0.2) is 18.5 Å². The van der Waals surface area contributed by atoms with Gasteiger partial charge in [-0.05, 0) is 18.6 Å². The maximum atomic E-state index is 11.6. The summed E-state index contributed by atoms with van der Waals surface area (Å²) < 4.78 is 9.85. The number of benzene rings is 1. The molecule has 0 bridgehead atoms. The van der Waals surface area contributed by atoms with Crippen LogP contribution in [0.3, 0.4) is 0 Å². The van der Waals surface area contributed by atoms with Gasteiger partial charge in [0.2, 0.25) is 5.76 Å². The minimum absolute atomic E-state index is 0.126. The van der Waals surface area contributed by atoms with E-state index in [0.29, 0.717) is 12.1 Å². The molecule has 1 N–H and O–H groups in total. The molecule has 0 radical (unpaired) electrons. The first-order valence-electron chi connectivity index (χ1n) is 6.18. The highest BCUT2D eigenvalue weighted by Gasteiger charge is 2.15. The summed E-state index contributed by atoms with van der Waals surface area (Å²) in [6, 6.07) is 11.1. The van der Waals surface area contributed by atoms with Crippen molar-refractivity contribution in [3.63, 3.8) is 0 Å².